The summed E-state index contributed by atoms with van der Waals surface area (Å²) < 4.78 is 5.50. The molecule has 2 aromatic carbocycles. The standard InChI is InChI=1S/C33H49N3O4/c1-12-25(8)36(31(38)27(16-20(2)3)34-32(39)40-33(9,10)11)29(26-18-21(4)17-22(5)19-26)30(37)35-28-23(6)14-13-15-24(28)7/h13-15,17-20,25,27,29H,12,16H2,1-11H3,(H,34,39)(H,35,37). The summed E-state index contributed by atoms with van der Waals surface area (Å²) in [5.41, 5.74) is 4.65. The molecule has 0 aliphatic carbocycles. The number of aryl methyl sites for hydroxylation is 4. The first kappa shape index (κ1) is 32.9. The molecular formula is C33H49N3O4. The van der Waals surface area contributed by atoms with E-state index in [1.54, 1.807) is 25.7 Å². The van der Waals surface area contributed by atoms with Crippen molar-refractivity contribution in [1.29, 1.82) is 0 Å². The third kappa shape index (κ3) is 9.10. The second-order valence-corrected chi connectivity index (χ2v) is 12.4. The number of nitrogens with zero attached hydrogens (tertiary/aromatic N) is 1. The maximum atomic E-state index is 14.4. The topological polar surface area (TPSA) is 87.7 Å². The molecule has 0 heterocycles. The zero-order valence-corrected chi connectivity index (χ0v) is 26.3. The smallest absolute Gasteiger partial charge is 0.408 e. The van der Waals surface area contributed by atoms with E-state index < -0.39 is 23.8 Å². The molecule has 0 aromatic heterocycles. The number of ether oxygens (including phenoxy) is 1. The van der Waals surface area contributed by atoms with Crippen LogP contribution in [-0.2, 0) is 14.3 Å². The van der Waals surface area contributed by atoms with Gasteiger partial charge >= 0.3 is 6.09 Å². The van der Waals surface area contributed by atoms with Crippen LogP contribution in [0.5, 0.6) is 0 Å². The Bertz CT molecular complexity index is 1160. The lowest BCUT2D eigenvalue weighted by molar-refractivity contribution is -0.143. The molecule has 0 saturated carbocycles. The van der Waals surface area contributed by atoms with Gasteiger partial charge in [0.2, 0.25) is 5.91 Å². The van der Waals surface area contributed by atoms with Crippen LogP contribution in [0.25, 0.3) is 0 Å². The number of carbonyl (C=O) groups excluding carboxylic acids is 3. The molecule has 7 nitrogen and oxygen atoms in total. The first-order valence-corrected chi connectivity index (χ1v) is 14.3. The van der Waals surface area contributed by atoms with E-state index in [4.69, 9.17) is 4.74 Å². The second kappa shape index (κ2) is 13.8. The van der Waals surface area contributed by atoms with Crippen molar-refractivity contribution in [2.75, 3.05) is 5.32 Å². The highest BCUT2D eigenvalue weighted by Crippen LogP contribution is 2.31. The number of amides is 3. The molecule has 0 saturated heterocycles. The Hall–Kier alpha value is -3.35. The summed E-state index contributed by atoms with van der Waals surface area (Å²) in [6.45, 7) is 21.2. The molecule has 0 bridgehead atoms. The van der Waals surface area contributed by atoms with Crippen LogP contribution in [0.4, 0.5) is 10.5 Å². The van der Waals surface area contributed by atoms with Gasteiger partial charge in [0.05, 0.1) is 0 Å². The van der Waals surface area contributed by atoms with E-state index >= 15 is 0 Å². The van der Waals surface area contributed by atoms with Gasteiger partial charge in [-0.25, -0.2) is 4.79 Å². The van der Waals surface area contributed by atoms with Gasteiger partial charge in [0.15, 0.2) is 0 Å². The molecule has 2 aromatic rings. The first-order valence-electron chi connectivity index (χ1n) is 14.3. The van der Waals surface area contributed by atoms with E-state index in [2.05, 4.69) is 10.6 Å². The molecule has 3 atom stereocenters. The fourth-order valence-electron chi connectivity index (χ4n) is 4.93. The van der Waals surface area contributed by atoms with Gasteiger partial charge in [-0.15, -0.1) is 0 Å². The quantitative estimate of drug-likeness (QED) is 0.328. The third-order valence-electron chi connectivity index (χ3n) is 6.83. The number of alkyl carbamates (subject to hydrolysis) is 1. The average Bonchev–Trinajstić information content (AvgIpc) is 2.81. The van der Waals surface area contributed by atoms with Gasteiger partial charge in [-0.05, 0) is 90.8 Å². The lowest BCUT2D eigenvalue weighted by Crippen LogP contribution is -2.55. The Kier molecular flexibility index (Phi) is 11.4. The predicted octanol–water partition coefficient (Wildman–Crippen LogP) is 7.17. The predicted molar refractivity (Wildman–Crippen MR) is 162 cm³/mol. The summed E-state index contributed by atoms with van der Waals surface area (Å²) in [7, 11) is 0. The Morgan fingerprint density at radius 3 is 1.95 bits per heavy atom. The summed E-state index contributed by atoms with van der Waals surface area (Å²) in [6.07, 6.45) is 0.381. The van der Waals surface area contributed by atoms with Crippen molar-refractivity contribution in [3.63, 3.8) is 0 Å². The zero-order chi connectivity index (χ0) is 30.4. The molecule has 40 heavy (non-hydrogen) atoms. The third-order valence-corrected chi connectivity index (χ3v) is 6.83. The van der Waals surface area contributed by atoms with Crippen molar-refractivity contribution in [1.82, 2.24) is 10.2 Å². The van der Waals surface area contributed by atoms with E-state index in [0.29, 0.717) is 12.8 Å². The number of para-hydroxylation sites is 1. The lowest BCUT2D eigenvalue weighted by Gasteiger charge is -2.39. The van der Waals surface area contributed by atoms with Crippen LogP contribution >= 0.6 is 0 Å². The molecule has 0 radical (unpaired) electrons. The zero-order valence-electron chi connectivity index (χ0n) is 26.3. The molecule has 0 spiro atoms. The summed E-state index contributed by atoms with van der Waals surface area (Å²) in [6, 6.07) is 9.79. The minimum absolute atomic E-state index is 0.116. The van der Waals surface area contributed by atoms with E-state index in [-0.39, 0.29) is 23.8 Å². The van der Waals surface area contributed by atoms with Gasteiger partial charge in [0.1, 0.15) is 17.7 Å². The minimum Gasteiger partial charge on any atom is -0.444 e. The number of carbonyl (C=O) groups is 3. The summed E-state index contributed by atoms with van der Waals surface area (Å²) in [4.78, 5) is 43.1. The van der Waals surface area contributed by atoms with Crippen molar-refractivity contribution in [3.05, 3.63) is 64.2 Å². The van der Waals surface area contributed by atoms with Crippen LogP contribution in [-0.4, -0.2) is 40.5 Å². The molecule has 2 rings (SSSR count). The maximum Gasteiger partial charge on any atom is 0.408 e. The number of hydrogen-bond acceptors (Lipinski definition) is 4. The normalized spacial score (nSPS) is 13.8. The monoisotopic (exact) mass is 551 g/mol. The summed E-state index contributed by atoms with van der Waals surface area (Å²) >= 11 is 0. The Morgan fingerprint density at radius 1 is 0.925 bits per heavy atom. The van der Waals surface area contributed by atoms with Crippen molar-refractivity contribution in [2.24, 2.45) is 5.92 Å². The average molecular weight is 552 g/mol. The summed E-state index contributed by atoms with van der Waals surface area (Å²) in [5.74, 6) is -0.489. The minimum atomic E-state index is -0.907. The van der Waals surface area contributed by atoms with Crippen molar-refractivity contribution in [3.8, 4) is 0 Å². The van der Waals surface area contributed by atoms with Crippen LogP contribution in [0.3, 0.4) is 0 Å². The fourth-order valence-corrected chi connectivity index (χ4v) is 4.93. The molecule has 3 unspecified atom stereocenters. The molecular weight excluding hydrogens is 502 g/mol. The molecule has 0 aliphatic heterocycles. The molecule has 2 N–H and O–H groups in total. The van der Waals surface area contributed by atoms with E-state index in [1.165, 1.54) is 0 Å². The Morgan fingerprint density at radius 2 is 1.48 bits per heavy atom. The number of hydrogen-bond donors (Lipinski definition) is 2. The van der Waals surface area contributed by atoms with Gasteiger partial charge in [-0.2, -0.15) is 0 Å². The van der Waals surface area contributed by atoms with Gasteiger partial charge in [0.25, 0.3) is 5.91 Å². The second-order valence-electron chi connectivity index (χ2n) is 12.4. The Balaban J connectivity index is 2.66. The van der Waals surface area contributed by atoms with Crippen LogP contribution < -0.4 is 10.6 Å². The number of rotatable bonds is 10. The van der Waals surface area contributed by atoms with Gasteiger partial charge in [-0.3, -0.25) is 9.59 Å². The lowest BCUT2D eigenvalue weighted by atomic mass is 9.95. The highest BCUT2D eigenvalue weighted by molar-refractivity contribution is 6.00. The van der Waals surface area contributed by atoms with Crippen molar-refractivity contribution < 1.29 is 19.1 Å². The Labute approximate surface area is 241 Å². The molecule has 220 valence electrons. The fraction of sp³-hybridized carbons (Fsp3) is 0.545. The molecule has 7 heteroatoms. The van der Waals surface area contributed by atoms with Crippen LogP contribution in [0.15, 0.2) is 36.4 Å². The van der Waals surface area contributed by atoms with Gasteiger partial charge < -0.3 is 20.3 Å². The molecule has 0 aliphatic rings. The number of benzene rings is 2. The number of anilines is 1. The first-order chi connectivity index (χ1) is 18.5. The van der Waals surface area contributed by atoms with E-state index in [0.717, 1.165) is 33.5 Å². The van der Waals surface area contributed by atoms with Crippen LogP contribution in [0, 0.1) is 33.6 Å². The van der Waals surface area contributed by atoms with E-state index in [9.17, 15) is 14.4 Å². The summed E-state index contributed by atoms with van der Waals surface area (Å²) in [5, 5.41) is 5.95. The largest absolute Gasteiger partial charge is 0.444 e. The van der Waals surface area contributed by atoms with Crippen LogP contribution in [0.1, 0.15) is 95.2 Å². The molecule has 3 amide bonds. The van der Waals surface area contributed by atoms with Gasteiger partial charge in [-0.1, -0.05) is 68.3 Å². The van der Waals surface area contributed by atoms with Crippen LogP contribution in [0.2, 0.25) is 0 Å². The number of nitrogens with one attached hydrogen (secondary N) is 2. The van der Waals surface area contributed by atoms with Crippen molar-refractivity contribution in [2.45, 2.75) is 113 Å². The highest BCUT2D eigenvalue weighted by atomic mass is 16.6. The van der Waals surface area contributed by atoms with Gasteiger partial charge in [0, 0.05) is 11.7 Å². The maximum absolute atomic E-state index is 14.4. The van der Waals surface area contributed by atoms with Crippen molar-refractivity contribution >= 4 is 23.6 Å². The molecule has 0 fully saturated rings. The SMILES string of the molecule is CCC(C)N(C(=O)C(CC(C)C)NC(=O)OC(C)(C)C)C(C(=O)Nc1c(C)cccc1C)c1cc(C)cc(C)c1. The highest BCUT2D eigenvalue weighted by Gasteiger charge is 2.39. The van der Waals surface area contributed by atoms with E-state index in [1.807, 2.05) is 91.8 Å².